The highest BCUT2D eigenvalue weighted by atomic mass is 32.1. The number of hydrogen-bond acceptors (Lipinski definition) is 5. The molecule has 3 rings (SSSR count). The van der Waals surface area contributed by atoms with Crippen molar-refractivity contribution >= 4 is 27.5 Å². The Balaban J connectivity index is 1.95. The number of nitrogens with zero attached hydrogens (tertiary/aromatic N) is 2. The number of hydrogen-bond donors (Lipinski definition) is 2. The molecule has 0 radical (unpaired) electrons. The van der Waals surface area contributed by atoms with E-state index in [1.54, 1.807) is 14.0 Å². The Kier molecular flexibility index (Phi) is 4.01. The van der Waals surface area contributed by atoms with E-state index in [0.717, 1.165) is 19.3 Å². The van der Waals surface area contributed by atoms with Gasteiger partial charge in [0, 0.05) is 18.5 Å². The lowest BCUT2D eigenvalue weighted by Crippen LogP contribution is -2.44. The van der Waals surface area contributed by atoms with Crippen LogP contribution in [0.1, 0.15) is 41.4 Å². The molecule has 1 aliphatic rings. The highest BCUT2D eigenvalue weighted by Gasteiger charge is 2.39. The Morgan fingerprint density at radius 3 is 3.04 bits per heavy atom. The number of rotatable bonds is 3. The summed E-state index contributed by atoms with van der Waals surface area (Å²) < 4.78 is 1.42. The van der Waals surface area contributed by atoms with Crippen LogP contribution in [0.5, 0.6) is 0 Å². The van der Waals surface area contributed by atoms with Crippen molar-refractivity contribution in [3.8, 4) is 0 Å². The number of amides is 1. The van der Waals surface area contributed by atoms with Crippen LogP contribution in [-0.2, 0) is 7.05 Å². The molecule has 2 N–H and O–H groups in total. The number of fused-ring (bicyclic) bond motifs is 1. The molecular weight excluding hydrogens is 314 g/mol. The first kappa shape index (κ1) is 16.1. The van der Waals surface area contributed by atoms with Gasteiger partial charge in [-0.05, 0) is 25.3 Å². The zero-order valence-electron chi connectivity index (χ0n) is 13.5. The monoisotopic (exact) mass is 335 g/mol. The topological polar surface area (TPSA) is 84.2 Å². The van der Waals surface area contributed by atoms with Crippen LogP contribution in [-0.4, -0.2) is 33.2 Å². The molecule has 23 heavy (non-hydrogen) atoms. The molecule has 0 bridgehead atoms. The minimum atomic E-state index is -0.269. The van der Waals surface area contributed by atoms with Crippen molar-refractivity contribution < 1.29 is 9.90 Å². The van der Waals surface area contributed by atoms with E-state index in [1.807, 2.05) is 6.92 Å². The number of carbonyl (C=O) groups is 1. The number of aliphatic hydroxyl groups excluding tert-OH is 1. The number of thiophene rings is 1. The van der Waals surface area contributed by atoms with E-state index in [2.05, 4.69) is 10.3 Å². The standard InChI is InChI=1S/C16H21N3O3S/c1-9-11-14(17-8-19(3)15(11)22)23-12(9)13(21)18-10-5-4-6-16(10,2)7-20/h8,10,20H,4-7H2,1-3H3,(H,18,21). The Hall–Kier alpha value is -1.73. The van der Waals surface area contributed by atoms with Crippen LogP contribution in [0.3, 0.4) is 0 Å². The molecule has 1 fully saturated rings. The molecule has 2 aromatic heterocycles. The molecule has 0 aliphatic heterocycles. The van der Waals surface area contributed by atoms with Crippen LogP contribution < -0.4 is 10.9 Å². The summed E-state index contributed by atoms with van der Waals surface area (Å²) >= 11 is 1.25. The normalized spacial score (nSPS) is 24.3. The average Bonchev–Trinajstić information content (AvgIpc) is 3.05. The van der Waals surface area contributed by atoms with Gasteiger partial charge >= 0.3 is 0 Å². The van der Waals surface area contributed by atoms with Gasteiger partial charge in [-0.15, -0.1) is 11.3 Å². The second kappa shape index (κ2) is 5.72. The van der Waals surface area contributed by atoms with Crippen LogP contribution >= 0.6 is 11.3 Å². The Bertz CT molecular complexity index is 826. The second-order valence-electron chi connectivity index (χ2n) is 6.63. The zero-order chi connectivity index (χ0) is 16.8. The summed E-state index contributed by atoms with van der Waals surface area (Å²) in [6.07, 6.45) is 4.24. The molecule has 1 saturated carbocycles. The molecule has 2 unspecified atom stereocenters. The first-order valence-corrected chi connectivity index (χ1v) is 8.55. The lowest BCUT2D eigenvalue weighted by molar-refractivity contribution is 0.0834. The molecule has 1 aliphatic carbocycles. The van der Waals surface area contributed by atoms with E-state index in [0.29, 0.717) is 20.7 Å². The van der Waals surface area contributed by atoms with Gasteiger partial charge in [-0.1, -0.05) is 13.3 Å². The maximum absolute atomic E-state index is 12.7. The van der Waals surface area contributed by atoms with Gasteiger partial charge < -0.3 is 15.0 Å². The Labute approximate surface area is 138 Å². The quantitative estimate of drug-likeness (QED) is 0.892. The van der Waals surface area contributed by atoms with Crippen molar-refractivity contribution in [1.82, 2.24) is 14.9 Å². The van der Waals surface area contributed by atoms with Gasteiger partial charge in [0.1, 0.15) is 4.83 Å². The van der Waals surface area contributed by atoms with Crippen LogP contribution in [0.15, 0.2) is 11.1 Å². The van der Waals surface area contributed by atoms with Gasteiger partial charge in [0.05, 0.1) is 23.2 Å². The summed E-state index contributed by atoms with van der Waals surface area (Å²) in [5, 5.41) is 13.2. The molecule has 0 aromatic carbocycles. The summed E-state index contributed by atoms with van der Waals surface area (Å²) in [5.74, 6) is -0.181. The number of aryl methyl sites for hydroxylation is 2. The van der Waals surface area contributed by atoms with Crippen molar-refractivity contribution in [1.29, 1.82) is 0 Å². The fraction of sp³-hybridized carbons (Fsp3) is 0.562. The molecule has 2 aromatic rings. The van der Waals surface area contributed by atoms with Gasteiger partial charge in [0.2, 0.25) is 0 Å². The SMILES string of the molecule is Cc1c(C(=O)NC2CCCC2(C)CO)sc2ncn(C)c(=O)c12. The second-order valence-corrected chi connectivity index (χ2v) is 7.63. The number of aliphatic hydroxyl groups is 1. The van der Waals surface area contributed by atoms with E-state index in [4.69, 9.17) is 0 Å². The number of aromatic nitrogens is 2. The predicted molar refractivity (Wildman–Crippen MR) is 89.9 cm³/mol. The third-order valence-electron chi connectivity index (χ3n) is 4.97. The third kappa shape index (κ3) is 2.57. The first-order valence-electron chi connectivity index (χ1n) is 7.74. The third-order valence-corrected chi connectivity index (χ3v) is 6.16. The van der Waals surface area contributed by atoms with Crippen LogP contribution in [0.4, 0.5) is 0 Å². The molecule has 2 atom stereocenters. The van der Waals surface area contributed by atoms with Gasteiger partial charge in [-0.3, -0.25) is 9.59 Å². The highest BCUT2D eigenvalue weighted by molar-refractivity contribution is 7.20. The van der Waals surface area contributed by atoms with E-state index in [1.165, 1.54) is 22.2 Å². The predicted octanol–water partition coefficient (Wildman–Crippen LogP) is 1.58. The summed E-state index contributed by atoms with van der Waals surface area (Å²) in [5.41, 5.74) is 0.276. The van der Waals surface area contributed by atoms with Gasteiger partial charge in [-0.2, -0.15) is 0 Å². The molecule has 1 amide bonds. The molecule has 0 spiro atoms. The van der Waals surface area contributed by atoms with Crippen molar-refractivity contribution in [2.24, 2.45) is 12.5 Å². The fourth-order valence-electron chi connectivity index (χ4n) is 3.32. The summed E-state index contributed by atoms with van der Waals surface area (Å²) in [6.45, 7) is 3.85. The van der Waals surface area contributed by atoms with E-state index >= 15 is 0 Å². The average molecular weight is 335 g/mol. The summed E-state index contributed by atoms with van der Waals surface area (Å²) in [4.78, 5) is 30.3. The van der Waals surface area contributed by atoms with Crippen molar-refractivity contribution in [3.63, 3.8) is 0 Å². The number of nitrogens with one attached hydrogen (secondary N) is 1. The summed E-state index contributed by atoms with van der Waals surface area (Å²) in [6, 6.07) is -0.0413. The molecule has 6 nitrogen and oxygen atoms in total. The van der Waals surface area contributed by atoms with Gasteiger partial charge in [0.25, 0.3) is 11.5 Å². The van der Waals surface area contributed by atoms with Gasteiger partial charge in [-0.25, -0.2) is 4.98 Å². The van der Waals surface area contributed by atoms with E-state index in [9.17, 15) is 14.7 Å². The maximum Gasteiger partial charge on any atom is 0.262 e. The van der Waals surface area contributed by atoms with Crippen molar-refractivity contribution in [2.75, 3.05) is 6.61 Å². The smallest absolute Gasteiger partial charge is 0.262 e. The molecular formula is C16H21N3O3S. The zero-order valence-corrected chi connectivity index (χ0v) is 14.4. The van der Waals surface area contributed by atoms with Crippen molar-refractivity contribution in [2.45, 2.75) is 39.2 Å². The first-order chi connectivity index (χ1) is 10.9. The lowest BCUT2D eigenvalue weighted by atomic mass is 9.86. The van der Waals surface area contributed by atoms with Crippen LogP contribution in [0.25, 0.3) is 10.2 Å². The molecule has 124 valence electrons. The minimum Gasteiger partial charge on any atom is -0.396 e. The van der Waals surface area contributed by atoms with Crippen LogP contribution in [0.2, 0.25) is 0 Å². The van der Waals surface area contributed by atoms with E-state index < -0.39 is 0 Å². The van der Waals surface area contributed by atoms with E-state index in [-0.39, 0.29) is 29.5 Å². The molecule has 2 heterocycles. The van der Waals surface area contributed by atoms with Crippen LogP contribution in [0, 0.1) is 12.3 Å². The fourth-order valence-corrected chi connectivity index (χ4v) is 4.36. The maximum atomic E-state index is 12.7. The summed E-state index contributed by atoms with van der Waals surface area (Å²) in [7, 11) is 1.65. The number of carbonyl (C=O) groups excluding carboxylic acids is 1. The van der Waals surface area contributed by atoms with Gasteiger partial charge in [0.15, 0.2) is 0 Å². The molecule has 7 heteroatoms. The van der Waals surface area contributed by atoms with Crippen molar-refractivity contribution in [3.05, 3.63) is 27.1 Å². The Morgan fingerprint density at radius 2 is 2.35 bits per heavy atom. The largest absolute Gasteiger partial charge is 0.396 e. The highest BCUT2D eigenvalue weighted by Crippen LogP contribution is 2.38. The minimum absolute atomic E-state index is 0.0413. The Morgan fingerprint density at radius 1 is 1.61 bits per heavy atom. The lowest BCUT2D eigenvalue weighted by Gasteiger charge is -2.30. The molecule has 0 saturated heterocycles.